The zero-order valence-electron chi connectivity index (χ0n) is 18.4. The van der Waals surface area contributed by atoms with Gasteiger partial charge in [-0.15, -0.1) is 0 Å². The van der Waals surface area contributed by atoms with Crippen LogP contribution in [-0.4, -0.2) is 55.7 Å². The fourth-order valence-corrected chi connectivity index (χ4v) is 2.59. The largest absolute Gasteiger partial charge is 0.484 e. The Balaban J connectivity index is 1.98. The van der Waals surface area contributed by atoms with E-state index in [1.54, 1.807) is 27.1 Å². The summed E-state index contributed by atoms with van der Waals surface area (Å²) in [5, 5.41) is 17.0. The second kappa shape index (κ2) is 10.7. The summed E-state index contributed by atoms with van der Waals surface area (Å²) < 4.78 is 11.1. The summed E-state index contributed by atoms with van der Waals surface area (Å²) in [5.41, 5.74) is -0.229. The van der Waals surface area contributed by atoms with Crippen LogP contribution in [0.15, 0.2) is 45.8 Å². The van der Waals surface area contributed by atoms with E-state index in [1.807, 2.05) is 44.2 Å². The lowest BCUT2D eigenvalue weighted by molar-refractivity contribution is -0.130. The third-order valence-corrected chi connectivity index (χ3v) is 4.39. The molecule has 0 aliphatic carbocycles. The van der Waals surface area contributed by atoms with E-state index in [0.29, 0.717) is 30.6 Å². The van der Waals surface area contributed by atoms with Gasteiger partial charge in [-0.1, -0.05) is 12.1 Å². The van der Waals surface area contributed by atoms with Gasteiger partial charge in [0.25, 0.3) is 5.91 Å². The second-order valence-corrected chi connectivity index (χ2v) is 7.46. The number of ether oxygens (including phenoxy) is 1. The molecule has 2 rings (SSSR count). The summed E-state index contributed by atoms with van der Waals surface area (Å²) in [6, 6.07) is 11.1. The number of aliphatic imine (C=N–C) groups is 1. The average molecular weight is 417 g/mol. The van der Waals surface area contributed by atoms with Crippen LogP contribution in [0, 0.1) is 6.92 Å². The van der Waals surface area contributed by atoms with E-state index in [0.717, 1.165) is 11.3 Å². The molecule has 2 aromatic rings. The van der Waals surface area contributed by atoms with Gasteiger partial charge >= 0.3 is 0 Å². The van der Waals surface area contributed by atoms with Crippen molar-refractivity contribution in [2.45, 2.75) is 32.9 Å². The minimum absolute atomic E-state index is 0.00868. The van der Waals surface area contributed by atoms with E-state index >= 15 is 0 Å². The van der Waals surface area contributed by atoms with Gasteiger partial charge in [0.2, 0.25) is 0 Å². The van der Waals surface area contributed by atoms with Crippen LogP contribution in [0.4, 0.5) is 0 Å². The highest BCUT2D eigenvalue weighted by Crippen LogP contribution is 2.22. The Morgan fingerprint density at radius 3 is 2.67 bits per heavy atom. The first-order valence-corrected chi connectivity index (χ1v) is 9.94. The lowest BCUT2D eigenvalue weighted by Crippen LogP contribution is -2.44. The number of hydrogen-bond donors (Lipinski definition) is 3. The van der Waals surface area contributed by atoms with E-state index in [9.17, 15) is 9.90 Å². The zero-order chi connectivity index (χ0) is 22.1. The number of hydrogen-bond acceptors (Lipinski definition) is 5. The summed E-state index contributed by atoms with van der Waals surface area (Å²) in [5.74, 6) is 2.35. The van der Waals surface area contributed by atoms with Crippen LogP contribution >= 0.6 is 0 Å². The summed E-state index contributed by atoms with van der Waals surface area (Å²) in [6.45, 7) is 6.83. The minimum atomic E-state index is -1.17. The Bertz CT molecular complexity index is 858. The van der Waals surface area contributed by atoms with Crippen LogP contribution in [0.3, 0.4) is 0 Å². The predicted octanol–water partition coefficient (Wildman–Crippen LogP) is 2.02. The normalized spacial score (nSPS) is 13.5. The summed E-state index contributed by atoms with van der Waals surface area (Å²) >= 11 is 0. The summed E-state index contributed by atoms with van der Waals surface area (Å²) in [4.78, 5) is 17.7. The molecule has 0 fully saturated rings. The number of guanidine groups is 1. The van der Waals surface area contributed by atoms with E-state index in [-0.39, 0.29) is 19.1 Å². The molecule has 1 unspecified atom stereocenters. The topological polar surface area (TPSA) is 99.3 Å². The Hall–Kier alpha value is -3.00. The van der Waals surface area contributed by atoms with Crippen LogP contribution in [0.2, 0.25) is 0 Å². The molecule has 1 aromatic heterocycles. The molecule has 0 aliphatic rings. The van der Waals surface area contributed by atoms with Gasteiger partial charge in [0.1, 0.15) is 22.9 Å². The number of aryl methyl sites for hydroxylation is 1. The van der Waals surface area contributed by atoms with Crippen molar-refractivity contribution >= 4 is 11.9 Å². The molecule has 0 saturated carbocycles. The van der Waals surface area contributed by atoms with Gasteiger partial charge in [0.05, 0.1) is 13.1 Å². The summed E-state index contributed by atoms with van der Waals surface area (Å²) in [7, 11) is 3.38. The van der Waals surface area contributed by atoms with Crippen LogP contribution < -0.4 is 15.4 Å². The molecular weight excluding hydrogens is 384 g/mol. The van der Waals surface area contributed by atoms with Crippen molar-refractivity contribution in [3.8, 4) is 5.75 Å². The molecule has 30 heavy (non-hydrogen) atoms. The average Bonchev–Trinajstić information content (AvgIpc) is 3.16. The number of nitrogens with zero attached hydrogens (tertiary/aromatic N) is 2. The molecule has 0 saturated heterocycles. The molecular formula is C22H32N4O4. The SMILES string of the molecule is CCNC(=NCc1cccc(OCC(=O)N(C)C)c1)NCC(C)(O)c1ccc(C)o1. The third kappa shape index (κ3) is 7.11. The van der Waals surface area contributed by atoms with Crippen molar-refractivity contribution in [1.29, 1.82) is 0 Å². The fourth-order valence-electron chi connectivity index (χ4n) is 2.59. The number of likely N-dealkylation sites (N-methyl/N-ethyl adjacent to an activating group) is 1. The number of carbonyl (C=O) groups is 1. The Kier molecular flexibility index (Phi) is 8.29. The van der Waals surface area contributed by atoms with Gasteiger partial charge in [-0.05, 0) is 50.6 Å². The number of aliphatic hydroxyl groups is 1. The summed E-state index contributed by atoms with van der Waals surface area (Å²) in [6.07, 6.45) is 0. The first kappa shape index (κ1) is 23.3. The number of carbonyl (C=O) groups excluding carboxylic acids is 1. The zero-order valence-corrected chi connectivity index (χ0v) is 18.4. The van der Waals surface area contributed by atoms with Gasteiger partial charge in [-0.25, -0.2) is 4.99 Å². The molecule has 8 nitrogen and oxygen atoms in total. The second-order valence-electron chi connectivity index (χ2n) is 7.46. The van der Waals surface area contributed by atoms with Gasteiger partial charge < -0.3 is 29.8 Å². The maximum Gasteiger partial charge on any atom is 0.259 e. The smallest absolute Gasteiger partial charge is 0.259 e. The number of nitrogens with one attached hydrogen (secondary N) is 2. The van der Waals surface area contributed by atoms with Crippen LogP contribution in [-0.2, 0) is 16.9 Å². The monoisotopic (exact) mass is 416 g/mol. The maximum atomic E-state index is 11.7. The molecule has 0 radical (unpaired) electrons. The van der Waals surface area contributed by atoms with Crippen molar-refractivity contribution in [3.63, 3.8) is 0 Å². The quantitative estimate of drug-likeness (QED) is 0.427. The van der Waals surface area contributed by atoms with E-state index in [4.69, 9.17) is 9.15 Å². The number of benzene rings is 1. The van der Waals surface area contributed by atoms with Crippen molar-refractivity contribution in [2.24, 2.45) is 4.99 Å². The first-order valence-electron chi connectivity index (χ1n) is 9.94. The van der Waals surface area contributed by atoms with E-state index in [1.165, 1.54) is 4.90 Å². The first-order chi connectivity index (χ1) is 14.2. The Labute approximate surface area is 177 Å². The maximum absolute atomic E-state index is 11.7. The van der Waals surface area contributed by atoms with Crippen molar-refractivity contribution in [3.05, 3.63) is 53.5 Å². The molecule has 0 aliphatic heterocycles. The van der Waals surface area contributed by atoms with Crippen molar-refractivity contribution in [1.82, 2.24) is 15.5 Å². The van der Waals surface area contributed by atoms with E-state index in [2.05, 4.69) is 15.6 Å². The molecule has 1 atom stereocenters. The predicted molar refractivity (Wildman–Crippen MR) is 116 cm³/mol. The van der Waals surface area contributed by atoms with Gasteiger partial charge in [0.15, 0.2) is 12.6 Å². The minimum Gasteiger partial charge on any atom is -0.484 e. The van der Waals surface area contributed by atoms with Gasteiger partial charge in [-0.2, -0.15) is 0 Å². The highest BCUT2D eigenvalue weighted by molar-refractivity contribution is 5.79. The third-order valence-electron chi connectivity index (χ3n) is 4.39. The molecule has 164 valence electrons. The van der Waals surface area contributed by atoms with Crippen molar-refractivity contribution in [2.75, 3.05) is 33.8 Å². The molecule has 1 heterocycles. The molecule has 0 spiro atoms. The van der Waals surface area contributed by atoms with Gasteiger partial charge in [0, 0.05) is 20.6 Å². The van der Waals surface area contributed by atoms with Crippen LogP contribution in [0.5, 0.6) is 5.75 Å². The standard InChI is InChI=1S/C22H32N4O4/c1-6-23-21(25-15-22(3,28)19-11-10-16(2)30-19)24-13-17-8-7-9-18(12-17)29-14-20(27)26(4)5/h7-12,28H,6,13-15H2,1-5H3,(H2,23,24,25). The lowest BCUT2D eigenvalue weighted by atomic mass is 10.0. The van der Waals surface area contributed by atoms with E-state index < -0.39 is 5.60 Å². The Morgan fingerprint density at radius 2 is 2.03 bits per heavy atom. The van der Waals surface area contributed by atoms with Gasteiger partial charge in [-0.3, -0.25) is 4.79 Å². The lowest BCUT2D eigenvalue weighted by Gasteiger charge is -2.22. The van der Waals surface area contributed by atoms with Crippen molar-refractivity contribution < 1.29 is 19.1 Å². The van der Waals surface area contributed by atoms with Crippen LogP contribution in [0.1, 0.15) is 30.9 Å². The highest BCUT2D eigenvalue weighted by atomic mass is 16.5. The molecule has 8 heteroatoms. The highest BCUT2D eigenvalue weighted by Gasteiger charge is 2.27. The van der Waals surface area contributed by atoms with Crippen LogP contribution in [0.25, 0.3) is 0 Å². The Morgan fingerprint density at radius 1 is 1.27 bits per heavy atom. The molecule has 1 amide bonds. The number of rotatable bonds is 9. The molecule has 3 N–H and O–H groups in total. The molecule has 0 bridgehead atoms. The number of furan rings is 1. The number of amides is 1. The fraction of sp³-hybridized carbons (Fsp3) is 0.455. The molecule has 1 aromatic carbocycles.